The summed E-state index contributed by atoms with van der Waals surface area (Å²) >= 11 is 0. The van der Waals surface area contributed by atoms with Gasteiger partial charge in [0.2, 0.25) is 0 Å². The van der Waals surface area contributed by atoms with Gasteiger partial charge in [-0.25, -0.2) is 33.6 Å². The summed E-state index contributed by atoms with van der Waals surface area (Å²) < 4.78 is 67.9. The van der Waals surface area contributed by atoms with Gasteiger partial charge in [-0.3, -0.25) is 4.79 Å². The van der Waals surface area contributed by atoms with Crippen LogP contribution in [0.25, 0.3) is 0 Å². The number of rotatable bonds is 28. The third-order valence-electron chi connectivity index (χ3n) is 30.6. The van der Waals surface area contributed by atoms with E-state index < -0.39 is 29.8 Å². The van der Waals surface area contributed by atoms with E-state index in [1.807, 2.05) is 0 Å². The van der Waals surface area contributed by atoms with Gasteiger partial charge >= 0.3 is 47.8 Å². The first kappa shape index (κ1) is 122. The monoisotopic (exact) mass is 1870 g/mol. The van der Waals surface area contributed by atoms with E-state index in [0.29, 0.717) is 71.5 Å². The Hall–Kier alpha value is -7.34. The second-order valence-electron chi connectivity index (χ2n) is 37.7. The van der Waals surface area contributed by atoms with Crippen molar-refractivity contribution in [2.24, 2.45) is 142 Å². The fraction of sp³-hybridized carbons (Fsp3) is 0.730. The molecule has 3 heterocycles. The molecule has 19 aliphatic rings. The van der Waals surface area contributed by atoms with Crippen molar-refractivity contribution in [3.05, 3.63) is 137 Å². The molecule has 0 spiro atoms. The number of allylic oxidation sites excluding steroid dienone is 8. The molecule has 28 atom stereocenters. The van der Waals surface area contributed by atoms with Gasteiger partial charge in [-0.05, 0) is 329 Å². The van der Waals surface area contributed by atoms with Crippen molar-refractivity contribution in [1.82, 2.24) is 0 Å². The third-order valence-corrected chi connectivity index (χ3v) is 30.6. The number of esters is 8. The second kappa shape index (κ2) is 64.7. The predicted molar refractivity (Wildman–Crippen MR) is 531 cm³/mol. The molecular weight excluding hydrogens is 1690 g/mol. The fourth-order valence-corrected chi connectivity index (χ4v) is 25.5. The minimum Gasteiger partial charge on any atom is -0.466 e. The molecule has 12 bridgehead atoms. The van der Waals surface area contributed by atoms with Gasteiger partial charge in [0.05, 0.1) is 65.6 Å². The van der Waals surface area contributed by atoms with Crippen molar-refractivity contribution >= 4 is 47.8 Å². The molecule has 19 rings (SSSR count). The van der Waals surface area contributed by atoms with Crippen LogP contribution in [0.15, 0.2) is 137 Å². The molecule has 15 fully saturated rings. The molecule has 0 radical (unpaired) electrons. The first-order valence-electron chi connectivity index (χ1n) is 47.8. The summed E-state index contributed by atoms with van der Waals surface area (Å²) in [5.41, 5.74) is 0.408. The van der Waals surface area contributed by atoms with Gasteiger partial charge in [-0.2, -0.15) is 0 Å². The molecule has 133 heavy (non-hydrogen) atoms. The molecule has 3 saturated heterocycles. The Kier molecular flexibility index (Phi) is 59.2. The van der Waals surface area contributed by atoms with Crippen molar-refractivity contribution in [1.29, 1.82) is 0 Å². The molecule has 0 aromatic rings. The average Bonchev–Trinajstić information content (AvgIpc) is 1.54. The van der Waals surface area contributed by atoms with Crippen molar-refractivity contribution in [3.8, 4) is 0 Å². The molecule has 0 aromatic carbocycles. The van der Waals surface area contributed by atoms with Crippen molar-refractivity contribution < 1.29 is 105 Å². The van der Waals surface area contributed by atoms with E-state index in [2.05, 4.69) is 123 Å². The molecule has 758 valence electrons. The summed E-state index contributed by atoms with van der Waals surface area (Å²) in [5, 5.41) is 0. The van der Waals surface area contributed by atoms with Crippen LogP contribution in [0.1, 0.15) is 246 Å². The molecule has 12 saturated carbocycles. The molecule has 0 aromatic heterocycles. The Balaban J connectivity index is 0.000000500. The van der Waals surface area contributed by atoms with Gasteiger partial charge in [-0.15, -0.1) is 0 Å². The lowest BCUT2D eigenvalue weighted by molar-refractivity contribution is -0.147. The molecule has 3 aliphatic heterocycles. The van der Waals surface area contributed by atoms with Crippen LogP contribution in [-0.4, -0.2) is 180 Å². The summed E-state index contributed by atoms with van der Waals surface area (Å²) in [6.07, 6.45) is 63.8. The Bertz CT molecular complexity index is 3460. The van der Waals surface area contributed by atoms with E-state index >= 15 is 0 Å². The fourth-order valence-electron chi connectivity index (χ4n) is 25.5. The topological polar surface area (TPSA) is 266 Å². The van der Waals surface area contributed by atoms with E-state index in [0.717, 1.165) is 209 Å². The first-order valence-corrected chi connectivity index (χ1v) is 47.8. The van der Waals surface area contributed by atoms with Crippen LogP contribution in [0.5, 0.6) is 0 Å². The van der Waals surface area contributed by atoms with Crippen molar-refractivity contribution in [2.75, 3.05) is 108 Å². The highest BCUT2D eigenvalue weighted by atomic mass is 16.6. The van der Waals surface area contributed by atoms with E-state index in [1.54, 1.807) is 105 Å². The lowest BCUT2D eigenvalue weighted by atomic mass is 9.64. The van der Waals surface area contributed by atoms with Crippen molar-refractivity contribution in [3.63, 3.8) is 0 Å². The van der Waals surface area contributed by atoms with E-state index in [9.17, 15) is 38.4 Å². The zero-order chi connectivity index (χ0) is 90.4. The van der Waals surface area contributed by atoms with Crippen LogP contribution in [0.4, 0.5) is 0 Å². The number of hydrogen-bond donors (Lipinski definition) is 0. The van der Waals surface area contributed by atoms with Gasteiger partial charge in [-0.1, -0.05) is 147 Å². The number of fused-ring (bicyclic) bond motifs is 34. The minimum atomic E-state index is -0.410. The van der Waals surface area contributed by atoms with E-state index in [-0.39, 0.29) is 94.3 Å². The van der Waals surface area contributed by atoms with Gasteiger partial charge < -0.3 is 66.3 Å². The zero-order valence-electron chi connectivity index (χ0n) is 77.0. The number of methoxy groups -OCH3 is 4. The number of carbonyl (C=O) groups is 8. The largest absolute Gasteiger partial charge is 0.466 e. The molecule has 0 amide bonds. The van der Waals surface area contributed by atoms with Gasteiger partial charge in [0.1, 0.15) is 32.5 Å². The second-order valence-corrected chi connectivity index (χ2v) is 37.7. The van der Waals surface area contributed by atoms with Crippen LogP contribution >= 0.6 is 0 Å². The molecule has 16 aliphatic carbocycles. The summed E-state index contributed by atoms with van der Waals surface area (Å²) in [7, 11) is 5.71. The minimum absolute atomic E-state index is 0. The Morgan fingerprint density at radius 1 is 0.361 bits per heavy atom. The van der Waals surface area contributed by atoms with Crippen LogP contribution in [0.2, 0.25) is 0 Å². The van der Waals surface area contributed by atoms with Gasteiger partial charge in [0, 0.05) is 82.5 Å². The molecule has 0 N–H and O–H groups in total. The molecule has 28 unspecified atom stereocenters. The number of unbranched alkanes of at least 4 members (excludes halogenated alkanes) is 2. The Morgan fingerprint density at radius 3 is 1.05 bits per heavy atom. The molecule has 22 nitrogen and oxygen atoms in total. The number of hydrogen-bond acceptors (Lipinski definition) is 22. The van der Waals surface area contributed by atoms with E-state index in [1.165, 1.54) is 100 Å². The maximum atomic E-state index is 11.4. The Morgan fingerprint density at radius 2 is 0.699 bits per heavy atom. The van der Waals surface area contributed by atoms with Crippen molar-refractivity contribution in [2.45, 2.75) is 270 Å². The maximum Gasteiger partial charge on any atom is 0.333 e. The lowest BCUT2D eigenvalue weighted by Crippen LogP contribution is -2.36. The standard InChI is InChI=1S/2C15H20.C14H22O5.C12H20O4.2C10H14.C8H12O3.2C6H10O3.2C4H6O2.7CH4/c2*1-2-10-11(3-1)13-7-12(10)14-8-4-5-9(6-8)15(13)14;1-2-13(15)18-9-5-3-4-8-14(16)19-11-12-7-6-10-17-12;1-9(2)12(13)16-10(3)7-14-8-11-5-4-6-15-11;2*1-2-9-7-4-5-8(6-7)10(9)3-1;1-2-8(9)11-6-7-4-3-5-10-7;2*1-3-6(7)9-5-4-8-2;2*1-3-4(5)6-2;;;;;;;/h2*1-2,8-15H,3-7H2;2,12H,1,3-11H2;10-11H,1,4-8H2,2-3H3;2*1-2,7-10H,3-6H2;2,7H,1,3-6H2;2*3H,1,4-5H2,2H3;2*3H,1H2,2H3;7*1H4. The normalized spacial score (nSPS) is 32.6. The highest BCUT2D eigenvalue weighted by Crippen LogP contribution is 2.73. The van der Waals surface area contributed by atoms with Crippen LogP contribution in [-0.2, 0) is 105 Å². The summed E-state index contributed by atoms with van der Waals surface area (Å²) in [6.45, 7) is 32.2. The zero-order valence-corrected chi connectivity index (χ0v) is 77.0. The average molecular weight is 1870 g/mol. The van der Waals surface area contributed by atoms with Crippen LogP contribution in [0, 0.1) is 142 Å². The number of carbonyl (C=O) groups excluding carboxylic acids is 8. The van der Waals surface area contributed by atoms with Gasteiger partial charge in [0.15, 0.2) is 0 Å². The molecular formula is C111H182O22. The SMILES string of the molecule is C.C.C.C.C.C.C.C1=CC2C(C1)C1CC2C2C3CCC(C3)C12.C1=CC2C(C1)C1CC2C2C3CCC(C3)C12.C1=CC2C3CCC(C3)C2C1.C1=CC2C3CCC(C3)C2C1.C=C(C)C(=O)OC(C)COCC1CCCO1.C=CC(=O)OC.C=CC(=O)OC.C=CC(=O)OCC1CCCO1.C=CC(=O)OCCCCCC(=O)OCC1CCCO1.C=CC(=O)OCCOC.C=CC(=O)OCCOC. The smallest absolute Gasteiger partial charge is 0.333 e. The van der Waals surface area contributed by atoms with Crippen LogP contribution in [0.3, 0.4) is 0 Å². The molecule has 22 heteroatoms. The number of ether oxygens (including phenoxy) is 14. The van der Waals surface area contributed by atoms with E-state index in [4.69, 9.17) is 37.9 Å². The summed E-state index contributed by atoms with van der Waals surface area (Å²) in [5.74, 6) is 24.2. The highest BCUT2D eigenvalue weighted by molar-refractivity contribution is 5.87. The van der Waals surface area contributed by atoms with Crippen LogP contribution < -0.4 is 0 Å². The predicted octanol–water partition coefficient (Wildman–Crippen LogP) is 22.6. The first-order chi connectivity index (χ1) is 61.1. The lowest BCUT2D eigenvalue weighted by Gasteiger charge is -2.40. The van der Waals surface area contributed by atoms with Gasteiger partial charge in [0.25, 0.3) is 0 Å². The summed E-state index contributed by atoms with van der Waals surface area (Å²) in [6, 6.07) is 0. The highest BCUT2D eigenvalue weighted by Gasteiger charge is 2.67. The maximum absolute atomic E-state index is 11.4. The summed E-state index contributed by atoms with van der Waals surface area (Å²) in [4.78, 5) is 84.2. The Labute approximate surface area is 804 Å². The third kappa shape index (κ3) is 35.9. The quantitative estimate of drug-likeness (QED) is 0.0176.